The van der Waals surface area contributed by atoms with Crippen LogP contribution in [0.4, 0.5) is 0 Å². The minimum absolute atomic E-state index is 0.860. The highest BCUT2D eigenvalue weighted by atomic mass is 32.1. The third kappa shape index (κ3) is 3.96. The Labute approximate surface area is 112 Å². The van der Waals surface area contributed by atoms with Crippen LogP contribution in [-0.4, -0.2) is 29.1 Å². The van der Waals surface area contributed by atoms with Gasteiger partial charge in [-0.3, -0.25) is 4.90 Å². The lowest BCUT2D eigenvalue weighted by Crippen LogP contribution is -2.32. The number of carboxylic acid groups (broad SMARTS) is 1. The molecule has 0 aliphatic carbocycles. The molecule has 0 unspecified atom stereocenters. The Kier molecular flexibility index (Phi) is 4.55. The average molecular weight is 265 g/mol. The minimum Gasteiger partial charge on any atom is -0.478 e. The number of thiophene rings is 1. The smallest absolute Gasteiger partial charge is 0.328 e. The van der Waals surface area contributed by atoms with Crippen LogP contribution in [0.1, 0.15) is 30.2 Å². The maximum Gasteiger partial charge on any atom is 0.328 e. The van der Waals surface area contributed by atoms with Crippen LogP contribution >= 0.6 is 11.3 Å². The van der Waals surface area contributed by atoms with E-state index < -0.39 is 5.97 Å². The van der Waals surface area contributed by atoms with Crippen molar-refractivity contribution >= 4 is 23.4 Å². The summed E-state index contributed by atoms with van der Waals surface area (Å²) in [6.45, 7) is 5.67. The zero-order chi connectivity index (χ0) is 13.0. The Balaban J connectivity index is 1.88. The number of hydrogen-bond acceptors (Lipinski definition) is 3. The number of hydrogen-bond donors (Lipinski definition) is 1. The summed E-state index contributed by atoms with van der Waals surface area (Å²) in [5.41, 5.74) is 0.989. The molecule has 1 aliphatic rings. The number of nitrogens with zero attached hydrogens (tertiary/aromatic N) is 1. The third-order valence-corrected chi connectivity index (χ3v) is 4.29. The lowest BCUT2D eigenvalue weighted by Gasteiger charge is -2.29. The highest BCUT2D eigenvalue weighted by Crippen LogP contribution is 2.22. The van der Waals surface area contributed by atoms with Crippen LogP contribution < -0.4 is 0 Å². The second kappa shape index (κ2) is 6.16. The maximum absolute atomic E-state index is 10.4. The second-order valence-corrected chi connectivity index (χ2v) is 5.97. The number of carboxylic acids is 1. The van der Waals surface area contributed by atoms with Crippen LogP contribution in [0, 0.1) is 5.92 Å². The molecule has 4 heteroatoms. The predicted molar refractivity (Wildman–Crippen MR) is 74.7 cm³/mol. The molecule has 2 rings (SSSR count). The highest BCUT2D eigenvalue weighted by molar-refractivity contribution is 7.10. The maximum atomic E-state index is 10.4. The molecule has 1 saturated heterocycles. The molecular formula is C14H19NO2S. The van der Waals surface area contributed by atoms with Gasteiger partial charge in [-0.15, -0.1) is 11.3 Å². The molecule has 0 bridgehead atoms. The number of aliphatic carboxylic acids is 1. The van der Waals surface area contributed by atoms with Gasteiger partial charge in [0.15, 0.2) is 0 Å². The SMILES string of the molecule is CC1CCN(Cc2cc(C=CC(=O)O)cs2)CC1. The van der Waals surface area contributed by atoms with Gasteiger partial charge in [0, 0.05) is 17.5 Å². The monoisotopic (exact) mass is 265 g/mol. The van der Waals surface area contributed by atoms with E-state index in [9.17, 15) is 4.79 Å². The van der Waals surface area contributed by atoms with E-state index in [0.29, 0.717) is 0 Å². The van der Waals surface area contributed by atoms with Crippen LogP contribution in [0.15, 0.2) is 17.5 Å². The summed E-state index contributed by atoms with van der Waals surface area (Å²) in [5.74, 6) is -0.0357. The van der Waals surface area contributed by atoms with Gasteiger partial charge < -0.3 is 5.11 Å². The van der Waals surface area contributed by atoms with Crippen molar-refractivity contribution in [2.24, 2.45) is 5.92 Å². The van der Waals surface area contributed by atoms with Gasteiger partial charge in [0.2, 0.25) is 0 Å². The molecule has 98 valence electrons. The molecule has 1 aliphatic heterocycles. The molecular weight excluding hydrogens is 246 g/mol. The third-order valence-electron chi connectivity index (χ3n) is 3.35. The fourth-order valence-corrected chi connectivity index (χ4v) is 3.07. The van der Waals surface area contributed by atoms with E-state index in [-0.39, 0.29) is 0 Å². The highest BCUT2D eigenvalue weighted by Gasteiger charge is 2.16. The van der Waals surface area contributed by atoms with Crippen LogP contribution in [0.25, 0.3) is 6.08 Å². The quantitative estimate of drug-likeness (QED) is 0.851. The molecule has 1 N–H and O–H groups in total. The van der Waals surface area contributed by atoms with E-state index in [0.717, 1.165) is 18.0 Å². The lowest BCUT2D eigenvalue weighted by atomic mass is 9.99. The van der Waals surface area contributed by atoms with Gasteiger partial charge >= 0.3 is 5.97 Å². The van der Waals surface area contributed by atoms with E-state index in [1.54, 1.807) is 17.4 Å². The van der Waals surface area contributed by atoms with Crippen LogP contribution in [0.2, 0.25) is 0 Å². The van der Waals surface area contributed by atoms with Gasteiger partial charge in [-0.2, -0.15) is 0 Å². The Morgan fingerprint density at radius 3 is 2.94 bits per heavy atom. The molecule has 1 fully saturated rings. The fourth-order valence-electron chi connectivity index (χ4n) is 2.18. The summed E-state index contributed by atoms with van der Waals surface area (Å²) in [4.78, 5) is 14.2. The van der Waals surface area contributed by atoms with Crippen LogP contribution in [0.5, 0.6) is 0 Å². The first-order chi connectivity index (χ1) is 8.63. The van der Waals surface area contributed by atoms with Gasteiger partial charge in [0.25, 0.3) is 0 Å². The molecule has 2 heterocycles. The minimum atomic E-state index is -0.896. The van der Waals surface area contributed by atoms with Crippen molar-refractivity contribution in [3.8, 4) is 0 Å². The average Bonchev–Trinajstić information content (AvgIpc) is 2.77. The number of piperidine rings is 1. The van der Waals surface area contributed by atoms with E-state index >= 15 is 0 Å². The lowest BCUT2D eigenvalue weighted by molar-refractivity contribution is -0.131. The van der Waals surface area contributed by atoms with E-state index in [1.165, 1.54) is 36.9 Å². The van der Waals surface area contributed by atoms with E-state index in [1.807, 2.05) is 5.38 Å². The number of carbonyl (C=O) groups is 1. The summed E-state index contributed by atoms with van der Waals surface area (Å²) >= 11 is 1.71. The predicted octanol–water partition coefficient (Wildman–Crippen LogP) is 3.08. The fraction of sp³-hybridized carbons (Fsp3) is 0.500. The Morgan fingerprint density at radius 2 is 2.28 bits per heavy atom. The molecule has 0 saturated carbocycles. The second-order valence-electron chi connectivity index (χ2n) is 4.98. The van der Waals surface area contributed by atoms with Crippen LogP contribution in [-0.2, 0) is 11.3 Å². The molecule has 1 aromatic heterocycles. The first kappa shape index (κ1) is 13.3. The van der Waals surface area contributed by atoms with Crippen molar-refractivity contribution in [1.82, 2.24) is 4.90 Å². The zero-order valence-electron chi connectivity index (χ0n) is 10.6. The van der Waals surface area contributed by atoms with Crippen molar-refractivity contribution in [3.05, 3.63) is 28.0 Å². The zero-order valence-corrected chi connectivity index (χ0v) is 11.4. The standard InChI is InChI=1S/C14H19NO2S/c1-11-4-6-15(7-5-11)9-13-8-12(10-18-13)2-3-14(16)17/h2-3,8,10-11H,4-7,9H2,1H3,(H,16,17). The molecule has 0 atom stereocenters. The van der Waals surface area contributed by atoms with E-state index in [2.05, 4.69) is 17.9 Å². The Bertz CT molecular complexity index is 431. The van der Waals surface area contributed by atoms with Crippen molar-refractivity contribution in [2.75, 3.05) is 13.1 Å². The van der Waals surface area contributed by atoms with Gasteiger partial charge in [0.05, 0.1) is 0 Å². The number of rotatable bonds is 4. The summed E-state index contributed by atoms with van der Waals surface area (Å²) in [5, 5.41) is 10.6. The summed E-state index contributed by atoms with van der Waals surface area (Å²) < 4.78 is 0. The van der Waals surface area contributed by atoms with Crippen molar-refractivity contribution in [1.29, 1.82) is 0 Å². The normalized spacial score (nSPS) is 18.5. The molecule has 18 heavy (non-hydrogen) atoms. The van der Waals surface area contributed by atoms with Gasteiger partial charge in [0.1, 0.15) is 0 Å². The molecule has 0 radical (unpaired) electrons. The van der Waals surface area contributed by atoms with Crippen molar-refractivity contribution < 1.29 is 9.90 Å². The number of likely N-dealkylation sites (tertiary alicyclic amines) is 1. The van der Waals surface area contributed by atoms with Gasteiger partial charge in [-0.05, 0) is 54.9 Å². The topological polar surface area (TPSA) is 40.5 Å². The Hall–Kier alpha value is -1.13. The Morgan fingerprint density at radius 1 is 1.56 bits per heavy atom. The van der Waals surface area contributed by atoms with E-state index in [4.69, 9.17) is 5.11 Å². The van der Waals surface area contributed by atoms with Gasteiger partial charge in [-0.25, -0.2) is 4.79 Å². The van der Waals surface area contributed by atoms with Gasteiger partial charge in [-0.1, -0.05) is 6.92 Å². The molecule has 0 amide bonds. The largest absolute Gasteiger partial charge is 0.478 e. The van der Waals surface area contributed by atoms with Crippen molar-refractivity contribution in [2.45, 2.75) is 26.3 Å². The molecule has 3 nitrogen and oxygen atoms in total. The van der Waals surface area contributed by atoms with Crippen LogP contribution in [0.3, 0.4) is 0 Å². The first-order valence-corrected chi connectivity index (χ1v) is 7.22. The van der Waals surface area contributed by atoms with Crippen molar-refractivity contribution in [3.63, 3.8) is 0 Å². The summed E-state index contributed by atoms with van der Waals surface area (Å²) in [6, 6.07) is 2.09. The summed E-state index contributed by atoms with van der Waals surface area (Å²) in [7, 11) is 0. The molecule has 0 spiro atoms. The molecule has 0 aromatic carbocycles. The first-order valence-electron chi connectivity index (χ1n) is 6.34. The summed E-state index contributed by atoms with van der Waals surface area (Å²) in [6.07, 6.45) is 5.42. The molecule has 1 aromatic rings.